The molecule has 0 bridgehead atoms. The monoisotopic (exact) mass is 458 g/mol. The molecule has 0 radical (unpaired) electrons. The lowest BCUT2D eigenvalue weighted by molar-refractivity contribution is -0.138. The first-order valence-corrected chi connectivity index (χ1v) is 9.64. The predicted molar refractivity (Wildman–Crippen MR) is 107 cm³/mol. The van der Waals surface area contributed by atoms with Gasteiger partial charge in [-0.15, -0.1) is 0 Å². The predicted octanol–water partition coefficient (Wildman–Crippen LogP) is 0.573. The van der Waals surface area contributed by atoms with Crippen LogP contribution in [0.5, 0.6) is 0 Å². The molecule has 9 N–H and O–H groups in total. The first-order chi connectivity index (χ1) is 14.3. The second kappa shape index (κ2) is 10.9. The van der Waals surface area contributed by atoms with Crippen LogP contribution in [-0.2, 0) is 14.9 Å². The number of halogens is 1. The third kappa shape index (κ3) is 8.65. The van der Waals surface area contributed by atoms with Gasteiger partial charge in [-0.3, -0.25) is 9.35 Å². The van der Waals surface area contributed by atoms with E-state index in [1.807, 2.05) is 0 Å². The Morgan fingerprint density at radius 3 is 2.23 bits per heavy atom. The molecular formula is C17H19FN4O8S. The number of carboxylic acid groups (broad SMARTS) is 2. The standard InChI is InChI=1S/C11H12FN3O5.C6H7NO3S/c12-7-2-1-5(3-6(7)9(16)17)15-11(20)14-4-8(13)10(18)19;7-5-2-1-3-6(4-5)11(8,9)10/h1-3,8H,4,13H2,(H,16,17)(H,18,19)(H2,14,15,20);1-4H,7H2,(H,8,9,10)/t8-;/m0./s1. The maximum Gasteiger partial charge on any atom is 0.338 e. The first-order valence-electron chi connectivity index (χ1n) is 8.20. The number of rotatable bonds is 6. The van der Waals surface area contributed by atoms with Crippen LogP contribution in [0.1, 0.15) is 10.4 Å². The number of nitrogens with one attached hydrogen (secondary N) is 2. The summed E-state index contributed by atoms with van der Waals surface area (Å²) in [6.45, 7) is -0.311. The van der Waals surface area contributed by atoms with Gasteiger partial charge in [-0.05, 0) is 36.4 Å². The molecule has 2 aromatic rings. The molecule has 2 aromatic carbocycles. The normalized spacial score (nSPS) is 11.5. The van der Waals surface area contributed by atoms with Crippen molar-refractivity contribution in [2.45, 2.75) is 10.9 Å². The highest BCUT2D eigenvalue weighted by molar-refractivity contribution is 7.85. The van der Waals surface area contributed by atoms with E-state index in [1.165, 1.54) is 30.3 Å². The summed E-state index contributed by atoms with van der Waals surface area (Å²) < 4.78 is 42.6. The molecule has 2 rings (SSSR count). The molecule has 0 aromatic heterocycles. The number of aromatic carboxylic acids is 1. The molecule has 0 aliphatic heterocycles. The van der Waals surface area contributed by atoms with Gasteiger partial charge in [-0.2, -0.15) is 8.42 Å². The minimum atomic E-state index is -4.11. The molecule has 2 amide bonds. The minimum absolute atomic E-state index is 0.0465. The van der Waals surface area contributed by atoms with Crippen LogP contribution in [0.2, 0.25) is 0 Å². The van der Waals surface area contributed by atoms with Gasteiger partial charge in [0.25, 0.3) is 10.1 Å². The lowest BCUT2D eigenvalue weighted by Gasteiger charge is -2.10. The van der Waals surface area contributed by atoms with E-state index in [9.17, 15) is 27.2 Å². The van der Waals surface area contributed by atoms with E-state index in [0.29, 0.717) is 5.69 Å². The van der Waals surface area contributed by atoms with Gasteiger partial charge in [0, 0.05) is 17.9 Å². The Balaban J connectivity index is 0.000000367. The number of anilines is 2. The summed E-state index contributed by atoms with van der Waals surface area (Å²) in [5, 5.41) is 21.6. The number of carbonyl (C=O) groups is 3. The van der Waals surface area contributed by atoms with Gasteiger partial charge in [0.1, 0.15) is 11.9 Å². The number of hydrogen-bond donors (Lipinski definition) is 7. The molecule has 0 unspecified atom stereocenters. The van der Waals surface area contributed by atoms with Crippen LogP contribution in [0.4, 0.5) is 20.6 Å². The van der Waals surface area contributed by atoms with Gasteiger partial charge in [0.15, 0.2) is 0 Å². The Morgan fingerprint density at radius 2 is 1.74 bits per heavy atom. The maximum absolute atomic E-state index is 13.1. The van der Waals surface area contributed by atoms with E-state index in [-0.39, 0.29) is 17.1 Å². The number of carbonyl (C=O) groups excluding carboxylic acids is 1. The van der Waals surface area contributed by atoms with Crippen LogP contribution in [0, 0.1) is 5.82 Å². The summed E-state index contributed by atoms with van der Waals surface area (Å²) in [5.41, 5.74) is 10.2. The average molecular weight is 458 g/mol. The fourth-order valence-corrected chi connectivity index (χ4v) is 2.44. The summed E-state index contributed by atoms with van der Waals surface area (Å²) in [6.07, 6.45) is 0. The number of nitrogen functional groups attached to an aromatic ring is 1. The summed E-state index contributed by atoms with van der Waals surface area (Å²) in [6, 6.07) is 6.40. The molecule has 0 heterocycles. The largest absolute Gasteiger partial charge is 0.480 e. The van der Waals surface area contributed by atoms with Gasteiger partial charge < -0.3 is 32.3 Å². The van der Waals surface area contributed by atoms with Gasteiger partial charge >= 0.3 is 18.0 Å². The van der Waals surface area contributed by atoms with Crippen LogP contribution in [0.25, 0.3) is 0 Å². The zero-order chi connectivity index (χ0) is 23.8. The molecule has 1 atom stereocenters. The van der Waals surface area contributed by atoms with Crippen molar-refractivity contribution in [1.29, 1.82) is 0 Å². The summed E-state index contributed by atoms with van der Waals surface area (Å²) >= 11 is 0. The summed E-state index contributed by atoms with van der Waals surface area (Å²) in [7, 11) is -4.11. The van der Waals surface area contributed by atoms with E-state index >= 15 is 0 Å². The highest BCUT2D eigenvalue weighted by Crippen LogP contribution is 2.14. The number of carboxylic acids is 2. The number of benzene rings is 2. The number of nitrogens with two attached hydrogens (primary N) is 2. The average Bonchev–Trinajstić information content (AvgIpc) is 2.67. The molecular weight excluding hydrogens is 439 g/mol. The number of hydrogen-bond acceptors (Lipinski definition) is 7. The molecule has 0 aliphatic carbocycles. The van der Waals surface area contributed by atoms with Crippen molar-refractivity contribution >= 4 is 39.5 Å². The smallest absolute Gasteiger partial charge is 0.338 e. The Bertz CT molecular complexity index is 1080. The Kier molecular flexibility index (Phi) is 8.86. The highest BCUT2D eigenvalue weighted by Gasteiger charge is 2.14. The third-order valence-corrected chi connectivity index (χ3v) is 4.26. The van der Waals surface area contributed by atoms with E-state index in [0.717, 1.165) is 12.1 Å². The van der Waals surface area contributed by atoms with E-state index in [4.69, 9.17) is 26.2 Å². The van der Waals surface area contributed by atoms with E-state index in [2.05, 4.69) is 10.6 Å². The quantitative estimate of drug-likeness (QED) is 0.235. The zero-order valence-corrected chi connectivity index (χ0v) is 16.5. The fourth-order valence-electron chi connectivity index (χ4n) is 1.91. The molecule has 14 heteroatoms. The first kappa shape index (κ1) is 25.3. The van der Waals surface area contributed by atoms with Gasteiger partial charge in [0.2, 0.25) is 0 Å². The highest BCUT2D eigenvalue weighted by atomic mass is 32.2. The molecule has 0 saturated carbocycles. The second-order valence-corrected chi connectivity index (χ2v) is 7.25. The number of urea groups is 1. The molecule has 0 fully saturated rings. The lowest BCUT2D eigenvalue weighted by atomic mass is 10.2. The maximum atomic E-state index is 13.1. The van der Waals surface area contributed by atoms with Crippen molar-refractivity contribution in [2.75, 3.05) is 17.6 Å². The zero-order valence-electron chi connectivity index (χ0n) is 15.6. The molecule has 0 saturated heterocycles. The van der Waals surface area contributed by atoms with Crippen LogP contribution >= 0.6 is 0 Å². The van der Waals surface area contributed by atoms with Crippen molar-refractivity contribution in [2.24, 2.45) is 5.73 Å². The second-order valence-electron chi connectivity index (χ2n) is 5.83. The van der Waals surface area contributed by atoms with Crippen LogP contribution in [0.15, 0.2) is 47.4 Å². The van der Waals surface area contributed by atoms with Crippen molar-refractivity contribution in [3.63, 3.8) is 0 Å². The molecule has 0 spiro atoms. The summed E-state index contributed by atoms with van der Waals surface area (Å²) in [5.74, 6) is -3.68. The fraction of sp³-hybridized carbons (Fsp3) is 0.118. The van der Waals surface area contributed by atoms with E-state index in [1.54, 1.807) is 0 Å². The van der Waals surface area contributed by atoms with Crippen LogP contribution in [-0.4, -0.2) is 53.7 Å². The number of amides is 2. The van der Waals surface area contributed by atoms with Gasteiger partial charge in [-0.25, -0.2) is 14.0 Å². The van der Waals surface area contributed by atoms with Crippen molar-refractivity contribution < 1.29 is 42.0 Å². The Morgan fingerprint density at radius 1 is 1.10 bits per heavy atom. The Labute approximate surface area is 175 Å². The third-order valence-electron chi connectivity index (χ3n) is 3.41. The van der Waals surface area contributed by atoms with Gasteiger partial charge in [0.05, 0.1) is 10.5 Å². The van der Waals surface area contributed by atoms with Crippen molar-refractivity contribution in [3.05, 3.63) is 53.8 Å². The van der Waals surface area contributed by atoms with Crippen LogP contribution < -0.4 is 22.1 Å². The van der Waals surface area contributed by atoms with Crippen LogP contribution in [0.3, 0.4) is 0 Å². The summed E-state index contributed by atoms with van der Waals surface area (Å²) in [4.78, 5) is 32.3. The number of aliphatic carboxylic acids is 1. The van der Waals surface area contributed by atoms with Crippen molar-refractivity contribution in [1.82, 2.24) is 5.32 Å². The van der Waals surface area contributed by atoms with E-state index < -0.39 is 45.5 Å². The van der Waals surface area contributed by atoms with Gasteiger partial charge in [-0.1, -0.05) is 6.07 Å². The lowest BCUT2D eigenvalue weighted by Crippen LogP contribution is -2.43. The Hall–Kier alpha value is -3.75. The SMILES string of the molecule is N[C@@H](CNC(=O)Nc1ccc(F)c(C(=O)O)c1)C(=O)O.Nc1cccc(S(=O)(=O)O)c1. The molecule has 31 heavy (non-hydrogen) atoms. The molecule has 12 nitrogen and oxygen atoms in total. The van der Waals surface area contributed by atoms with Crippen molar-refractivity contribution in [3.8, 4) is 0 Å². The molecule has 0 aliphatic rings. The molecule has 168 valence electrons. The topological polar surface area (TPSA) is 222 Å². The minimum Gasteiger partial charge on any atom is -0.480 e.